The van der Waals surface area contributed by atoms with Crippen molar-refractivity contribution >= 4 is 29.2 Å². The van der Waals surface area contributed by atoms with E-state index in [9.17, 15) is 9.59 Å². The molecular formula is C16H22ClN3O2. The maximum atomic E-state index is 12.1. The maximum Gasteiger partial charge on any atom is 0.247 e. The molecule has 1 aliphatic carbocycles. The van der Waals surface area contributed by atoms with Crippen molar-refractivity contribution in [1.29, 1.82) is 0 Å². The summed E-state index contributed by atoms with van der Waals surface area (Å²) in [4.78, 5) is 28.1. The summed E-state index contributed by atoms with van der Waals surface area (Å²) in [5, 5.41) is 5.74. The normalized spacial score (nSPS) is 16.8. The van der Waals surface area contributed by atoms with Crippen molar-refractivity contribution in [2.45, 2.75) is 51.5 Å². The second-order valence-corrected chi connectivity index (χ2v) is 6.23. The van der Waals surface area contributed by atoms with Crippen LogP contribution in [0.3, 0.4) is 0 Å². The largest absolute Gasteiger partial charge is 0.345 e. The number of hydrogen-bond donors (Lipinski definition) is 2. The van der Waals surface area contributed by atoms with E-state index in [-0.39, 0.29) is 11.8 Å². The van der Waals surface area contributed by atoms with E-state index in [4.69, 9.17) is 11.6 Å². The highest BCUT2D eigenvalue weighted by molar-refractivity contribution is 6.33. The van der Waals surface area contributed by atoms with Crippen molar-refractivity contribution in [3.05, 3.63) is 23.4 Å². The molecule has 0 saturated heterocycles. The molecule has 1 heterocycles. The predicted molar refractivity (Wildman–Crippen MR) is 86.7 cm³/mol. The SMILES string of the molecule is CC(NC(=O)CC1CCCCC1)C(=O)Nc1ncccc1Cl. The first-order valence-electron chi connectivity index (χ1n) is 7.77. The Kier molecular flexibility index (Phi) is 6.19. The van der Waals surface area contributed by atoms with E-state index in [2.05, 4.69) is 15.6 Å². The Bertz CT molecular complexity index is 530. The smallest absolute Gasteiger partial charge is 0.247 e. The molecule has 2 rings (SSSR count). The number of hydrogen-bond acceptors (Lipinski definition) is 3. The zero-order chi connectivity index (χ0) is 15.9. The van der Waals surface area contributed by atoms with Crippen molar-refractivity contribution in [3.63, 3.8) is 0 Å². The van der Waals surface area contributed by atoms with Crippen LogP contribution < -0.4 is 10.6 Å². The molecule has 1 aromatic heterocycles. The van der Waals surface area contributed by atoms with Crippen LogP contribution >= 0.6 is 11.6 Å². The summed E-state index contributed by atoms with van der Waals surface area (Å²) < 4.78 is 0. The Morgan fingerprint density at radius 3 is 2.77 bits per heavy atom. The van der Waals surface area contributed by atoms with Gasteiger partial charge in [-0.25, -0.2) is 4.98 Å². The van der Waals surface area contributed by atoms with Crippen molar-refractivity contribution < 1.29 is 9.59 Å². The number of nitrogens with one attached hydrogen (secondary N) is 2. The van der Waals surface area contributed by atoms with Crippen LogP contribution in [-0.2, 0) is 9.59 Å². The third-order valence-corrected chi connectivity index (χ3v) is 4.27. The third-order valence-electron chi connectivity index (χ3n) is 3.97. The van der Waals surface area contributed by atoms with E-state index in [0.717, 1.165) is 12.8 Å². The molecule has 120 valence electrons. The average Bonchev–Trinajstić information content (AvgIpc) is 2.50. The van der Waals surface area contributed by atoms with Gasteiger partial charge in [0.25, 0.3) is 0 Å². The average molecular weight is 324 g/mol. The number of amides is 2. The van der Waals surface area contributed by atoms with Gasteiger partial charge in [-0.05, 0) is 37.8 Å². The molecule has 0 aliphatic heterocycles. The van der Waals surface area contributed by atoms with Gasteiger partial charge in [-0.2, -0.15) is 0 Å². The van der Waals surface area contributed by atoms with Gasteiger partial charge in [0.15, 0.2) is 5.82 Å². The van der Waals surface area contributed by atoms with Crippen LogP contribution in [0.2, 0.25) is 5.02 Å². The number of anilines is 1. The molecule has 2 N–H and O–H groups in total. The van der Waals surface area contributed by atoms with Crippen LogP contribution in [0.4, 0.5) is 5.82 Å². The summed E-state index contributed by atoms with van der Waals surface area (Å²) in [7, 11) is 0. The first kappa shape index (κ1) is 16.7. The first-order chi connectivity index (χ1) is 10.6. The summed E-state index contributed by atoms with van der Waals surface area (Å²) in [6.45, 7) is 1.66. The van der Waals surface area contributed by atoms with E-state index in [1.54, 1.807) is 25.3 Å². The lowest BCUT2D eigenvalue weighted by molar-refractivity contribution is -0.127. The van der Waals surface area contributed by atoms with Crippen LogP contribution in [0.1, 0.15) is 45.4 Å². The molecule has 1 unspecified atom stereocenters. The van der Waals surface area contributed by atoms with Gasteiger partial charge in [-0.3, -0.25) is 9.59 Å². The second kappa shape index (κ2) is 8.13. The van der Waals surface area contributed by atoms with E-state index in [1.807, 2.05) is 0 Å². The minimum Gasteiger partial charge on any atom is -0.345 e. The molecule has 0 radical (unpaired) electrons. The molecule has 5 nitrogen and oxygen atoms in total. The summed E-state index contributed by atoms with van der Waals surface area (Å²) in [6, 6.07) is 2.72. The minimum atomic E-state index is -0.617. The van der Waals surface area contributed by atoms with Crippen LogP contribution in [0.25, 0.3) is 0 Å². The van der Waals surface area contributed by atoms with Crippen LogP contribution in [0.5, 0.6) is 0 Å². The standard InChI is InChI=1S/C16H22ClN3O2/c1-11(16(22)20-15-13(17)8-5-9-18-15)19-14(21)10-12-6-3-2-4-7-12/h5,8-9,11-12H,2-4,6-7,10H2,1H3,(H,19,21)(H,18,20,22). The second-order valence-electron chi connectivity index (χ2n) is 5.82. The molecule has 1 aliphatic rings. The number of halogens is 1. The fraction of sp³-hybridized carbons (Fsp3) is 0.562. The highest BCUT2D eigenvalue weighted by Gasteiger charge is 2.21. The van der Waals surface area contributed by atoms with Crippen molar-refractivity contribution in [3.8, 4) is 0 Å². The summed E-state index contributed by atoms with van der Waals surface area (Å²) in [6.07, 6.45) is 7.94. The predicted octanol–water partition coefficient (Wildman–Crippen LogP) is 3.15. The Hall–Kier alpha value is -1.62. The lowest BCUT2D eigenvalue weighted by atomic mass is 9.87. The van der Waals surface area contributed by atoms with Crippen molar-refractivity contribution in [2.75, 3.05) is 5.32 Å². The van der Waals surface area contributed by atoms with Crippen molar-refractivity contribution in [2.24, 2.45) is 5.92 Å². The van der Waals surface area contributed by atoms with Crippen LogP contribution in [-0.4, -0.2) is 22.8 Å². The van der Waals surface area contributed by atoms with Gasteiger partial charge >= 0.3 is 0 Å². The highest BCUT2D eigenvalue weighted by atomic mass is 35.5. The van der Waals surface area contributed by atoms with Gasteiger partial charge in [-0.15, -0.1) is 0 Å². The summed E-state index contributed by atoms with van der Waals surface area (Å²) >= 11 is 5.94. The van der Waals surface area contributed by atoms with E-state index in [0.29, 0.717) is 23.2 Å². The molecule has 0 bridgehead atoms. The quantitative estimate of drug-likeness (QED) is 0.874. The Morgan fingerprint density at radius 1 is 1.36 bits per heavy atom. The molecule has 6 heteroatoms. The Morgan fingerprint density at radius 2 is 2.09 bits per heavy atom. The van der Waals surface area contributed by atoms with Crippen molar-refractivity contribution in [1.82, 2.24) is 10.3 Å². The highest BCUT2D eigenvalue weighted by Crippen LogP contribution is 2.26. The van der Waals surface area contributed by atoms with Gasteiger partial charge in [-0.1, -0.05) is 30.9 Å². The van der Waals surface area contributed by atoms with Gasteiger partial charge in [0.1, 0.15) is 6.04 Å². The van der Waals surface area contributed by atoms with Crippen LogP contribution in [0, 0.1) is 5.92 Å². The minimum absolute atomic E-state index is 0.0679. The number of rotatable bonds is 5. The summed E-state index contributed by atoms with van der Waals surface area (Å²) in [5.41, 5.74) is 0. The summed E-state index contributed by atoms with van der Waals surface area (Å²) in [5.74, 6) is 0.371. The first-order valence-corrected chi connectivity index (χ1v) is 8.15. The Labute approximate surface area is 135 Å². The molecule has 0 aromatic carbocycles. The molecule has 1 atom stereocenters. The van der Waals surface area contributed by atoms with E-state index >= 15 is 0 Å². The number of aromatic nitrogens is 1. The monoisotopic (exact) mass is 323 g/mol. The number of nitrogens with zero attached hydrogens (tertiary/aromatic N) is 1. The third kappa shape index (κ3) is 4.98. The topological polar surface area (TPSA) is 71.1 Å². The zero-order valence-electron chi connectivity index (χ0n) is 12.8. The lowest BCUT2D eigenvalue weighted by Crippen LogP contribution is -2.42. The molecule has 1 fully saturated rings. The molecule has 0 spiro atoms. The van der Waals surface area contributed by atoms with Crippen LogP contribution in [0.15, 0.2) is 18.3 Å². The van der Waals surface area contributed by atoms with E-state index < -0.39 is 6.04 Å². The van der Waals surface area contributed by atoms with E-state index in [1.165, 1.54) is 19.3 Å². The Balaban J connectivity index is 1.80. The van der Waals surface area contributed by atoms with Gasteiger partial charge in [0.05, 0.1) is 5.02 Å². The number of carbonyl (C=O) groups excluding carboxylic acids is 2. The molecule has 1 saturated carbocycles. The molecule has 1 aromatic rings. The number of carbonyl (C=O) groups is 2. The molecule has 2 amide bonds. The maximum absolute atomic E-state index is 12.1. The lowest BCUT2D eigenvalue weighted by Gasteiger charge is -2.22. The zero-order valence-corrected chi connectivity index (χ0v) is 13.5. The van der Waals surface area contributed by atoms with Gasteiger partial charge in [0, 0.05) is 12.6 Å². The molecular weight excluding hydrogens is 302 g/mol. The molecule has 22 heavy (non-hydrogen) atoms. The fourth-order valence-corrected chi connectivity index (χ4v) is 2.89. The fourth-order valence-electron chi connectivity index (χ4n) is 2.72. The van der Waals surface area contributed by atoms with Gasteiger partial charge in [0.2, 0.25) is 11.8 Å². The number of pyridine rings is 1. The van der Waals surface area contributed by atoms with Gasteiger partial charge < -0.3 is 10.6 Å².